The van der Waals surface area contributed by atoms with E-state index < -0.39 is 10.0 Å². The number of benzene rings is 1. The van der Waals surface area contributed by atoms with Gasteiger partial charge in [0.25, 0.3) is 5.91 Å². The Labute approximate surface area is 137 Å². The summed E-state index contributed by atoms with van der Waals surface area (Å²) in [5, 5.41) is 11.2. The van der Waals surface area contributed by atoms with Crippen molar-refractivity contribution in [1.82, 2.24) is 14.9 Å². The molecule has 0 radical (unpaired) electrons. The van der Waals surface area contributed by atoms with Crippen LogP contribution >= 0.6 is 0 Å². The van der Waals surface area contributed by atoms with Crippen LogP contribution in [0.4, 0.5) is 0 Å². The first kappa shape index (κ1) is 19.1. The van der Waals surface area contributed by atoms with Crippen molar-refractivity contribution in [2.75, 3.05) is 33.7 Å². The van der Waals surface area contributed by atoms with E-state index in [1.807, 2.05) is 25.1 Å². The van der Waals surface area contributed by atoms with Crippen molar-refractivity contribution in [2.45, 2.75) is 17.7 Å². The number of carbonyl (C=O) groups is 1. The molecular formula is C15H22N4O3S. The van der Waals surface area contributed by atoms with E-state index in [9.17, 15) is 13.2 Å². The van der Waals surface area contributed by atoms with Crippen LogP contribution in [0.3, 0.4) is 0 Å². The van der Waals surface area contributed by atoms with Crippen molar-refractivity contribution in [3.8, 4) is 6.07 Å². The van der Waals surface area contributed by atoms with Crippen LogP contribution in [0.1, 0.15) is 23.2 Å². The van der Waals surface area contributed by atoms with Gasteiger partial charge in [-0.15, -0.1) is 0 Å². The Bertz CT molecular complexity index is 648. The minimum absolute atomic E-state index is 0.0624. The van der Waals surface area contributed by atoms with Gasteiger partial charge in [-0.25, -0.2) is 13.1 Å². The maximum Gasteiger partial charge on any atom is 0.251 e. The number of carbonyl (C=O) groups excluding carboxylic acids is 1. The topological polar surface area (TPSA) is 102 Å². The molecule has 1 aromatic rings. The van der Waals surface area contributed by atoms with E-state index in [-0.39, 0.29) is 23.8 Å². The first-order valence-electron chi connectivity index (χ1n) is 7.26. The molecule has 0 saturated carbocycles. The second kappa shape index (κ2) is 9.25. The summed E-state index contributed by atoms with van der Waals surface area (Å²) in [5.41, 5.74) is 0.408. The summed E-state index contributed by atoms with van der Waals surface area (Å²) in [7, 11) is 0.284. The largest absolute Gasteiger partial charge is 0.352 e. The number of amides is 1. The Balaban J connectivity index is 2.58. The lowest BCUT2D eigenvalue weighted by molar-refractivity contribution is 0.0952. The SMILES string of the molecule is CN(C)CCCNC(=O)c1ccc(S(=O)(=O)NCCC#N)cc1. The highest BCUT2D eigenvalue weighted by molar-refractivity contribution is 7.89. The molecular weight excluding hydrogens is 316 g/mol. The zero-order chi connectivity index (χ0) is 17.3. The lowest BCUT2D eigenvalue weighted by Crippen LogP contribution is -2.27. The van der Waals surface area contributed by atoms with Crippen LogP contribution in [-0.2, 0) is 10.0 Å². The quantitative estimate of drug-likeness (QED) is 0.641. The number of rotatable bonds is 9. The van der Waals surface area contributed by atoms with Crippen LogP contribution in [0.15, 0.2) is 29.2 Å². The summed E-state index contributed by atoms with van der Waals surface area (Å²) in [6.07, 6.45) is 0.945. The van der Waals surface area contributed by atoms with Crippen LogP contribution in [0.25, 0.3) is 0 Å². The first-order chi connectivity index (χ1) is 10.9. The number of hydrogen-bond acceptors (Lipinski definition) is 5. The predicted octanol–water partition coefficient (Wildman–Crippen LogP) is 0.560. The molecule has 0 atom stereocenters. The maximum absolute atomic E-state index is 11.9. The molecule has 0 aliphatic rings. The van der Waals surface area contributed by atoms with Gasteiger partial charge >= 0.3 is 0 Å². The van der Waals surface area contributed by atoms with E-state index in [1.165, 1.54) is 24.3 Å². The Morgan fingerprint density at radius 2 is 1.87 bits per heavy atom. The van der Waals surface area contributed by atoms with E-state index in [1.54, 1.807) is 0 Å². The second-order valence-corrected chi connectivity index (χ2v) is 7.01. The smallest absolute Gasteiger partial charge is 0.251 e. The van der Waals surface area contributed by atoms with E-state index in [4.69, 9.17) is 5.26 Å². The summed E-state index contributed by atoms with van der Waals surface area (Å²) < 4.78 is 26.2. The first-order valence-corrected chi connectivity index (χ1v) is 8.75. The van der Waals surface area contributed by atoms with Crippen LogP contribution in [0.5, 0.6) is 0 Å². The molecule has 0 heterocycles. The normalized spacial score (nSPS) is 11.2. The van der Waals surface area contributed by atoms with Crippen LogP contribution in [0, 0.1) is 11.3 Å². The number of sulfonamides is 1. The maximum atomic E-state index is 11.9. The average Bonchev–Trinajstić information content (AvgIpc) is 2.51. The zero-order valence-electron chi connectivity index (χ0n) is 13.4. The molecule has 8 heteroatoms. The number of nitrogens with zero attached hydrogens (tertiary/aromatic N) is 2. The van der Waals surface area contributed by atoms with Gasteiger partial charge in [0.15, 0.2) is 0 Å². The van der Waals surface area contributed by atoms with Gasteiger partial charge < -0.3 is 10.2 Å². The standard InChI is InChI=1S/C15H22N4O3S/c1-19(2)12-4-10-17-15(20)13-5-7-14(8-6-13)23(21,22)18-11-3-9-16/h5-8,18H,3-4,10-12H2,1-2H3,(H,17,20). The fourth-order valence-electron chi connectivity index (χ4n) is 1.81. The summed E-state index contributed by atoms with van der Waals surface area (Å²) in [5.74, 6) is -0.231. The van der Waals surface area contributed by atoms with Gasteiger partial charge in [0, 0.05) is 25.1 Å². The van der Waals surface area contributed by atoms with Gasteiger partial charge in [-0.1, -0.05) is 0 Å². The number of nitrogens with one attached hydrogen (secondary N) is 2. The Morgan fingerprint density at radius 3 is 2.43 bits per heavy atom. The molecule has 0 fully saturated rings. The molecule has 126 valence electrons. The van der Waals surface area contributed by atoms with Gasteiger partial charge in [0.1, 0.15) is 0 Å². The average molecular weight is 338 g/mol. The van der Waals surface area contributed by atoms with Crippen molar-refractivity contribution in [2.24, 2.45) is 0 Å². The molecule has 7 nitrogen and oxygen atoms in total. The second-order valence-electron chi connectivity index (χ2n) is 5.24. The predicted molar refractivity (Wildman–Crippen MR) is 87.4 cm³/mol. The lowest BCUT2D eigenvalue weighted by atomic mass is 10.2. The summed E-state index contributed by atoms with van der Waals surface area (Å²) in [4.78, 5) is 14.0. The Hall–Kier alpha value is -1.95. The minimum atomic E-state index is -3.64. The fraction of sp³-hybridized carbons (Fsp3) is 0.467. The fourth-order valence-corrected chi connectivity index (χ4v) is 2.84. The number of nitriles is 1. The van der Waals surface area contributed by atoms with E-state index in [2.05, 4.69) is 10.0 Å². The van der Waals surface area contributed by atoms with E-state index in [0.717, 1.165) is 13.0 Å². The van der Waals surface area contributed by atoms with Crippen molar-refractivity contribution >= 4 is 15.9 Å². The zero-order valence-corrected chi connectivity index (χ0v) is 14.2. The molecule has 0 aliphatic carbocycles. The molecule has 0 aromatic heterocycles. The van der Waals surface area contributed by atoms with Crippen molar-refractivity contribution in [3.05, 3.63) is 29.8 Å². The molecule has 1 aromatic carbocycles. The van der Waals surface area contributed by atoms with Crippen molar-refractivity contribution in [3.63, 3.8) is 0 Å². The lowest BCUT2D eigenvalue weighted by Gasteiger charge is -2.10. The van der Waals surface area contributed by atoms with Crippen molar-refractivity contribution < 1.29 is 13.2 Å². The van der Waals surface area contributed by atoms with Crippen LogP contribution in [-0.4, -0.2) is 53.0 Å². The monoisotopic (exact) mass is 338 g/mol. The summed E-state index contributed by atoms with van der Waals surface area (Å²) >= 11 is 0. The molecule has 0 unspecified atom stereocenters. The highest BCUT2D eigenvalue weighted by Crippen LogP contribution is 2.10. The molecule has 0 spiro atoms. The molecule has 0 bridgehead atoms. The summed E-state index contributed by atoms with van der Waals surface area (Å²) in [6.45, 7) is 1.51. The third kappa shape index (κ3) is 6.78. The molecule has 1 amide bonds. The van der Waals surface area contributed by atoms with Crippen molar-refractivity contribution in [1.29, 1.82) is 5.26 Å². The van der Waals surface area contributed by atoms with Crippen LogP contribution < -0.4 is 10.0 Å². The van der Waals surface area contributed by atoms with E-state index >= 15 is 0 Å². The van der Waals surface area contributed by atoms with Gasteiger partial charge in [0.2, 0.25) is 10.0 Å². The minimum Gasteiger partial charge on any atom is -0.352 e. The van der Waals surface area contributed by atoms with Gasteiger partial charge in [-0.2, -0.15) is 5.26 Å². The van der Waals surface area contributed by atoms with Gasteiger partial charge in [-0.05, 0) is 51.3 Å². The van der Waals surface area contributed by atoms with Crippen LogP contribution in [0.2, 0.25) is 0 Å². The molecule has 1 rings (SSSR count). The molecule has 23 heavy (non-hydrogen) atoms. The summed E-state index contributed by atoms with van der Waals surface area (Å²) in [6, 6.07) is 7.57. The Kier molecular flexibility index (Phi) is 7.68. The number of hydrogen-bond donors (Lipinski definition) is 2. The van der Waals surface area contributed by atoms with Gasteiger partial charge in [-0.3, -0.25) is 4.79 Å². The third-order valence-electron chi connectivity index (χ3n) is 3.02. The van der Waals surface area contributed by atoms with Gasteiger partial charge in [0.05, 0.1) is 11.0 Å². The highest BCUT2D eigenvalue weighted by Gasteiger charge is 2.14. The molecule has 2 N–H and O–H groups in total. The van der Waals surface area contributed by atoms with E-state index in [0.29, 0.717) is 12.1 Å². The highest BCUT2D eigenvalue weighted by atomic mass is 32.2. The molecule has 0 aliphatic heterocycles. The molecule has 0 saturated heterocycles. The Morgan fingerprint density at radius 1 is 1.22 bits per heavy atom. The third-order valence-corrected chi connectivity index (χ3v) is 4.50.